The van der Waals surface area contributed by atoms with Gasteiger partial charge < -0.3 is 0 Å². The number of rotatable bonds is 11. The summed E-state index contributed by atoms with van der Waals surface area (Å²) in [5, 5.41) is 0. The molecule has 1 atom stereocenters. The summed E-state index contributed by atoms with van der Waals surface area (Å²) in [6.45, 7) is 2.21. The minimum Gasteiger partial charge on any atom is -0.299 e. The first kappa shape index (κ1) is 27.5. The molecule has 204 valence electrons. The number of carbonyl (C=O) groups excluding carboxylic acids is 3. The molecule has 3 aliphatic carbocycles. The first-order valence-electron chi connectivity index (χ1n) is 15.1. The standard InChI is InChI=1S/C36H42O3/c1-25-9-2-6-14-32(25)26-17-19-27(20-18-26)33-22-21-30(23-31(33)24-36(39)29-11-3-4-12-29)35(38)15-7-5-10-28-13-8-16-34(28)37/h2-4,6,9,11,14,21-23,26-28H,5,7-8,10,12-13,15-20,24H2,1H3. The molecule has 5 rings (SSSR count). The number of hydrogen-bond acceptors (Lipinski definition) is 3. The van der Waals surface area contributed by atoms with Crippen molar-refractivity contribution in [2.75, 3.05) is 0 Å². The van der Waals surface area contributed by atoms with E-state index in [1.54, 1.807) is 0 Å². The molecule has 0 aromatic heterocycles. The second kappa shape index (κ2) is 12.9. The summed E-state index contributed by atoms with van der Waals surface area (Å²) in [5.74, 6) is 1.97. The van der Waals surface area contributed by atoms with E-state index in [-0.39, 0.29) is 17.5 Å². The van der Waals surface area contributed by atoms with Crippen molar-refractivity contribution < 1.29 is 14.4 Å². The van der Waals surface area contributed by atoms with Gasteiger partial charge in [0.25, 0.3) is 0 Å². The van der Waals surface area contributed by atoms with Crippen LogP contribution in [0.3, 0.4) is 0 Å². The summed E-state index contributed by atoms with van der Waals surface area (Å²) in [5.41, 5.74) is 6.74. The predicted molar refractivity (Wildman–Crippen MR) is 157 cm³/mol. The molecule has 3 aliphatic rings. The van der Waals surface area contributed by atoms with E-state index < -0.39 is 0 Å². The molecular weight excluding hydrogens is 480 g/mol. The summed E-state index contributed by atoms with van der Waals surface area (Å²) >= 11 is 0. The van der Waals surface area contributed by atoms with Crippen LogP contribution in [0.2, 0.25) is 0 Å². The van der Waals surface area contributed by atoms with Crippen molar-refractivity contribution in [1.82, 2.24) is 0 Å². The summed E-state index contributed by atoms with van der Waals surface area (Å²) < 4.78 is 0. The maximum Gasteiger partial charge on any atom is 0.163 e. The summed E-state index contributed by atoms with van der Waals surface area (Å²) in [6, 6.07) is 14.9. The summed E-state index contributed by atoms with van der Waals surface area (Å²) in [6.07, 6.45) is 17.5. The molecule has 0 amide bonds. The zero-order valence-electron chi connectivity index (χ0n) is 23.4. The number of hydrogen-bond donors (Lipinski definition) is 0. The molecule has 2 fully saturated rings. The molecule has 0 spiro atoms. The number of unbranched alkanes of at least 4 members (excludes halogenated alkanes) is 1. The van der Waals surface area contributed by atoms with Crippen LogP contribution < -0.4 is 0 Å². The van der Waals surface area contributed by atoms with Crippen molar-refractivity contribution in [3.05, 3.63) is 94.1 Å². The van der Waals surface area contributed by atoms with Gasteiger partial charge in [0.1, 0.15) is 5.78 Å². The molecule has 0 N–H and O–H groups in total. The van der Waals surface area contributed by atoms with Crippen molar-refractivity contribution in [3.63, 3.8) is 0 Å². The van der Waals surface area contributed by atoms with E-state index >= 15 is 0 Å². The van der Waals surface area contributed by atoms with Crippen LogP contribution in [0.5, 0.6) is 0 Å². The Morgan fingerprint density at radius 2 is 1.64 bits per heavy atom. The number of benzene rings is 2. The average Bonchev–Trinajstić information content (AvgIpc) is 3.64. The lowest BCUT2D eigenvalue weighted by molar-refractivity contribution is -0.120. The molecule has 0 aliphatic heterocycles. The molecule has 2 saturated carbocycles. The van der Waals surface area contributed by atoms with Gasteiger partial charge in [-0.15, -0.1) is 0 Å². The molecule has 0 heterocycles. The number of Topliss-reactive ketones (excluding diaryl/α,β-unsaturated/α-hetero) is 3. The maximum atomic E-state index is 13.1. The lowest BCUT2D eigenvalue weighted by Gasteiger charge is -2.31. The Morgan fingerprint density at radius 3 is 2.33 bits per heavy atom. The molecule has 3 nitrogen and oxygen atoms in total. The molecule has 1 unspecified atom stereocenters. The second-order valence-corrected chi connectivity index (χ2v) is 12.0. The smallest absolute Gasteiger partial charge is 0.163 e. The van der Waals surface area contributed by atoms with E-state index in [1.165, 1.54) is 16.7 Å². The Morgan fingerprint density at radius 1 is 0.872 bits per heavy atom. The maximum absolute atomic E-state index is 13.1. The van der Waals surface area contributed by atoms with E-state index in [0.29, 0.717) is 36.9 Å². The lowest BCUT2D eigenvalue weighted by Crippen LogP contribution is -2.16. The lowest BCUT2D eigenvalue weighted by atomic mass is 9.74. The number of allylic oxidation sites excluding steroid dienone is 4. The van der Waals surface area contributed by atoms with Crippen LogP contribution in [-0.2, 0) is 16.0 Å². The Kier molecular flexibility index (Phi) is 9.06. The minimum atomic E-state index is 0.151. The Balaban J connectivity index is 1.26. The van der Waals surface area contributed by atoms with Crippen LogP contribution in [0.15, 0.2) is 66.3 Å². The summed E-state index contributed by atoms with van der Waals surface area (Å²) in [7, 11) is 0. The van der Waals surface area contributed by atoms with Crippen LogP contribution in [0, 0.1) is 12.8 Å². The van der Waals surface area contributed by atoms with Crippen LogP contribution in [-0.4, -0.2) is 17.3 Å². The van der Waals surface area contributed by atoms with Crippen molar-refractivity contribution >= 4 is 17.3 Å². The SMILES string of the molecule is Cc1ccccc1C1CCC(c2ccc(C(=O)CCCCC3CCCC3=O)cc2CC(=O)C2=CC=CC2)CC1. The van der Waals surface area contributed by atoms with Gasteiger partial charge in [0.05, 0.1) is 0 Å². The highest BCUT2D eigenvalue weighted by atomic mass is 16.1. The van der Waals surface area contributed by atoms with Crippen LogP contribution in [0.25, 0.3) is 0 Å². The van der Waals surface area contributed by atoms with Crippen LogP contribution >= 0.6 is 0 Å². The number of carbonyl (C=O) groups is 3. The monoisotopic (exact) mass is 522 g/mol. The third kappa shape index (κ3) is 6.75. The molecule has 3 heteroatoms. The van der Waals surface area contributed by atoms with Crippen molar-refractivity contribution in [2.45, 2.75) is 102 Å². The van der Waals surface area contributed by atoms with Crippen molar-refractivity contribution in [3.8, 4) is 0 Å². The number of aryl methyl sites for hydroxylation is 1. The van der Waals surface area contributed by atoms with Gasteiger partial charge >= 0.3 is 0 Å². The van der Waals surface area contributed by atoms with E-state index in [1.807, 2.05) is 30.4 Å². The van der Waals surface area contributed by atoms with Gasteiger partial charge in [-0.05, 0) is 110 Å². The van der Waals surface area contributed by atoms with Gasteiger partial charge in [-0.25, -0.2) is 0 Å². The van der Waals surface area contributed by atoms with Gasteiger partial charge in [-0.3, -0.25) is 14.4 Å². The fraction of sp³-hybridized carbons (Fsp3) is 0.472. The predicted octanol–water partition coefficient (Wildman–Crippen LogP) is 8.55. The third-order valence-corrected chi connectivity index (χ3v) is 9.38. The molecule has 0 radical (unpaired) electrons. The first-order valence-corrected chi connectivity index (χ1v) is 15.1. The first-order chi connectivity index (χ1) is 19.0. The normalized spacial score (nSPS) is 22.7. The van der Waals surface area contributed by atoms with Crippen LogP contribution in [0.4, 0.5) is 0 Å². The van der Waals surface area contributed by atoms with Crippen molar-refractivity contribution in [1.29, 1.82) is 0 Å². The van der Waals surface area contributed by atoms with Gasteiger partial charge in [0.15, 0.2) is 11.6 Å². The minimum absolute atomic E-state index is 0.151. The van der Waals surface area contributed by atoms with E-state index in [4.69, 9.17) is 0 Å². The third-order valence-electron chi connectivity index (χ3n) is 9.38. The topological polar surface area (TPSA) is 51.2 Å². The zero-order valence-corrected chi connectivity index (χ0v) is 23.4. The van der Waals surface area contributed by atoms with Gasteiger partial charge in [-0.2, -0.15) is 0 Å². The highest BCUT2D eigenvalue weighted by Gasteiger charge is 2.27. The fourth-order valence-electron chi connectivity index (χ4n) is 7.05. The Bertz CT molecular complexity index is 1270. The van der Waals surface area contributed by atoms with E-state index in [0.717, 1.165) is 80.9 Å². The Labute approximate surface area is 233 Å². The average molecular weight is 523 g/mol. The Hall–Kier alpha value is -3.07. The van der Waals surface area contributed by atoms with E-state index in [9.17, 15) is 14.4 Å². The molecule has 0 saturated heterocycles. The number of ketones is 3. The van der Waals surface area contributed by atoms with Gasteiger partial charge in [-0.1, -0.05) is 61.0 Å². The zero-order chi connectivity index (χ0) is 27.2. The van der Waals surface area contributed by atoms with E-state index in [2.05, 4.69) is 37.3 Å². The molecule has 0 bridgehead atoms. The fourth-order valence-corrected chi connectivity index (χ4v) is 7.05. The van der Waals surface area contributed by atoms with Gasteiger partial charge in [0.2, 0.25) is 0 Å². The molecule has 2 aromatic rings. The summed E-state index contributed by atoms with van der Waals surface area (Å²) in [4.78, 5) is 38.2. The highest BCUT2D eigenvalue weighted by molar-refractivity contribution is 5.99. The molecule has 39 heavy (non-hydrogen) atoms. The quantitative estimate of drug-likeness (QED) is 0.219. The van der Waals surface area contributed by atoms with Crippen LogP contribution in [0.1, 0.15) is 121 Å². The van der Waals surface area contributed by atoms with Gasteiger partial charge in [0, 0.05) is 30.7 Å². The molecule has 2 aromatic carbocycles. The van der Waals surface area contributed by atoms with Crippen molar-refractivity contribution in [2.24, 2.45) is 5.92 Å². The molecular formula is C36H42O3. The largest absolute Gasteiger partial charge is 0.299 e. The second-order valence-electron chi connectivity index (χ2n) is 12.0. The highest BCUT2D eigenvalue weighted by Crippen LogP contribution is 2.42.